The Bertz CT molecular complexity index is 553. The van der Waals surface area contributed by atoms with Crippen LogP contribution in [0.1, 0.15) is 17.2 Å². The van der Waals surface area contributed by atoms with E-state index in [0.29, 0.717) is 5.02 Å². The first-order chi connectivity index (χ1) is 9.13. The van der Waals surface area contributed by atoms with Crippen molar-refractivity contribution >= 4 is 11.6 Å². The number of halogens is 1. The SMILES string of the molecule is CNC(Cc1cnn(C)c1)c1cc(Cl)ccc1OC. The van der Waals surface area contributed by atoms with E-state index in [1.54, 1.807) is 11.8 Å². The third-order valence-corrected chi connectivity index (χ3v) is 3.35. The van der Waals surface area contributed by atoms with Crippen molar-refractivity contribution in [2.75, 3.05) is 14.2 Å². The van der Waals surface area contributed by atoms with Crippen molar-refractivity contribution in [3.8, 4) is 5.75 Å². The molecule has 0 saturated carbocycles. The zero-order chi connectivity index (χ0) is 13.8. The van der Waals surface area contributed by atoms with Crippen LogP contribution in [0.3, 0.4) is 0 Å². The third kappa shape index (κ3) is 3.28. The lowest BCUT2D eigenvalue weighted by atomic mass is 10.00. The number of hydrogen-bond donors (Lipinski definition) is 1. The summed E-state index contributed by atoms with van der Waals surface area (Å²) >= 11 is 6.08. The summed E-state index contributed by atoms with van der Waals surface area (Å²) in [6.45, 7) is 0. The topological polar surface area (TPSA) is 39.1 Å². The van der Waals surface area contributed by atoms with Crippen LogP contribution in [0.2, 0.25) is 5.02 Å². The van der Waals surface area contributed by atoms with Crippen LogP contribution >= 0.6 is 11.6 Å². The molecule has 0 aliphatic carbocycles. The van der Waals surface area contributed by atoms with Crippen LogP contribution < -0.4 is 10.1 Å². The lowest BCUT2D eigenvalue weighted by Crippen LogP contribution is -2.19. The largest absolute Gasteiger partial charge is 0.496 e. The molecule has 1 unspecified atom stereocenters. The van der Waals surface area contributed by atoms with Gasteiger partial charge in [-0.05, 0) is 37.2 Å². The molecule has 0 amide bonds. The highest BCUT2D eigenvalue weighted by Gasteiger charge is 2.16. The number of rotatable bonds is 5. The van der Waals surface area contributed by atoms with E-state index in [0.717, 1.165) is 17.7 Å². The second-order valence-corrected chi connectivity index (χ2v) is 4.89. The maximum absolute atomic E-state index is 6.08. The van der Waals surface area contributed by atoms with Gasteiger partial charge in [0, 0.05) is 29.9 Å². The van der Waals surface area contributed by atoms with E-state index < -0.39 is 0 Å². The molecule has 0 spiro atoms. The van der Waals surface area contributed by atoms with Gasteiger partial charge in [0.15, 0.2) is 0 Å². The van der Waals surface area contributed by atoms with Gasteiger partial charge in [0.05, 0.1) is 13.3 Å². The van der Waals surface area contributed by atoms with Gasteiger partial charge in [0.25, 0.3) is 0 Å². The van der Waals surface area contributed by atoms with E-state index in [-0.39, 0.29) is 6.04 Å². The highest BCUT2D eigenvalue weighted by Crippen LogP contribution is 2.30. The van der Waals surface area contributed by atoms with Crippen molar-refractivity contribution in [3.05, 3.63) is 46.7 Å². The first kappa shape index (κ1) is 13.9. The van der Waals surface area contributed by atoms with Crippen LogP contribution in [0, 0.1) is 0 Å². The summed E-state index contributed by atoms with van der Waals surface area (Å²) in [5.41, 5.74) is 2.23. The normalized spacial score (nSPS) is 12.4. The van der Waals surface area contributed by atoms with Crippen molar-refractivity contribution in [1.29, 1.82) is 0 Å². The zero-order valence-electron chi connectivity index (χ0n) is 11.4. The molecular formula is C14H18ClN3O. The molecule has 1 aromatic heterocycles. The van der Waals surface area contributed by atoms with E-state index in [9.17, 15) is 0 Å². The number of ether oxygens (including phenoxy) is 1. The Balaban J connectivity index is 2.28. The molecule has 0 radical (unpaired) electrons. The fourth-order valence-electron chi connectivity index (χ4n) is 2.16. The van der Waals surface area contributed by atoms with E-state index >= 15 is 0 Å². The molecule has 1 atom stereocenters. The summed E-state index contributed by atoms with van der Waals surface area (Å²) in [6, 6.07) is 5.81. The van der Waals surface area contributed by atoms with E-state index in [4.69, 9.17) is 16.3 Å². The molecule has 1 aromatic carbocycles. The van der Waals surface area contributed by atoms with Crippen LogP contribution in [0.15, 0.2) is 30.6 Å². The summed E-state index contributed by atoms with van der Waals surface area (Å²) in [6.07, 6.45) is 4.73. The molecule has 102 valence electrons. The Kier molecular flexibility index (Phi) is 4.45. The minimum absolute atomic E-state index is 0.137. The fourth-order valence-corrected chi connectivity index (χ4v) is 2.34. The second kappa shape index (κ2) is 6.08. The van der Waals surface area contributed by atoms with Crippen LogP contribution in [0.5, 0.6) is 5.75 Å². The predicted molar refractivity (Wildman–Crippen MR) is 76.7 cm³/mol. The van der Waals surface area contributed by atoms with Crippen LogP contribution in [-0.2, 0) is 13.5 Å². The van der Waals surface area contributed by atoms with Crippen molar-refractivity contribution in [2.45, 2.75) is 12.5 Å². The number of aryl methyl sites for hydroxylation is 1. The molecular weight excluding hydrogens is 262 g/mol. The molecule has 0 bridgehead atoms. The highest BCUT2D eigenvalue weighted by atomic mass is 35.5. The van der Waals surface area contributed by atoms with Crippen molar-refractivity contribution in [2.24, 2.45) is 7.05 Å². The van der Waals surface area contributed by atoms with Gasteiger partial charge in [0.2, 0.25) is 0 Å². The first-order valence-electron chi connectivity index (χ1n) is 6.12. The van der Waals surface area contributed by atoms with E-state index in [2.05, 4.69) is 10.4 Å². The number of hydrogen-bond acceptors (Lipinski definition) is 3. The summed E-state index contributed by atoms with van der Waals surface area (Å²) in [5, 5.41) is 8.20. The van der Waals surface area contributed by atoms with Crippen molar-refractivity contribution < 1.29 is 4.74 Å². The van der Waals surface area contributed by atoms with Crippen LogP contribution in [0.25, 0.3) is 0 Å². The third-order valence-electron chi connectivity index (χ3n) is 3.11. The van der Waals surface area contributed by atoms with Gasteiger partial charge in [-0.3, -0.25) is 4.68 Å². The average molecular weight is 280 g/mol. The number of benzene rings is 1. The summed E-state index contributed by atoms with van der Waals surface area (Å²) in [7, 11) is 5.52. The average Bonchev–Trinajstić information content (AvgIpc) is 2.81. The van der Waals surface area contributed by atoms with E-state index in [1.807, 2.05) is 44.7 Å². The Morgan fingerprint density at radius 2 is 2.26 bits per heavy atom. The number of nitrogens with zero attached hydrogens (tertiary/aromatic N) is 2. The number of methoxy groups -OCH3 is 1. The molecule has 5 heteroatoms. The number of nitrogens with one attached hydrogen (secondary N) is 1. The molecule has 1 N–H and O–H groups in total. The van der Waals surface area contributed by atoms with E-state index in [1.165, 1.54) is 5.56 Å². The monoisotopic (exact) mass is 279 g/mol. The molecule has 0 saturated heterocycles. The van der Waals surface area contributed by atoms with Gasteiger partial charge in [-0.15, -0.1) is 0 Å². The molecule has 0 aliphatic rings. The molecule has 0 fully saturated rings. The highest BCUT2D eigenvalue weighted by molar-refractivity contribution is 6.30. The summed E-state index contributed by atoms with van der Waals surface area (Å²) in [4.78, 5) is 0. The van der Waals surface area contributed by atoms with Crippen molar-refractivity contribution in [1.82, 2.24) is 15.1 Å². The summed E-state index contributed by atoms with van der Waals surface area (Å²) < 4.78 is 7.21. The van der Waals surface area contributed by atoms with Gasteiger partial charge >= 0.3 is 0 Å². The van der Waals surface area contributed by atoms with Gasteiger partial charge in [-0.2, -0.15) is 5.10 Å². The van der Waals surface area contributed by atoms with Crippen LogP contribution in [-0.4, -0.2) is 23.9 Å². The molecule has 4 nitrogen and oxygen atoms in total. The molecule has 2 aromatic rings. The smallest absolute Gasteiger partial charge is 0.123 e. The van der Waals surface area contributed by atoms with Gasteiger partial charge in [-0.1, -0.05) is 11.6 Å². The lowest BCUT2D eigenvalue weighted by Gasteiger charge is -2.19. The minimum atomic E-state index is 0.137. The van der Waals surface area contributed by atoms with Gasteiger partial charge in [-0.25, -0.2) is 0 Å². The Labute approximate surface area is 118 Å². The Hall–Kier alpha value is -1.52. The lowest BCUT2D eigenvalue weighted by molar-refractivity contribution is 0.401. The Morgan fingerprint density at radius 3 is 2.84 bits per heavy atom. The van der Waals surface area contributed by atoms with Crippen LogP contribution in [0.4, 0.5) is 0 Å². The van der Waals surface area contributed by atoms with Gasteiger partial charge < -0.3 is 10.1 Å². The maximum Gasteiger partial charge on any atom is 0.123 e. The second-order valence-electron chi connectivity index (χ2n) is 4.45. The predicted octanol–water partition coefficient (Wildman–Crippen LogP) is 2.59. The standard InChI is InChI=1S/C14H18ClN3O/c1-16-13(6-10-8-17-18(2)9-10)12-7-11(15)4-5-14(12)19-3/h4-5,7-9,13,16H,6H2,1-3H3. The Morgan fingerprint density at radius 1 is 1.47 bits per heavy atom. The maximum atomic E-state index is 6.08. The molecule has 2 rings (SSSR count). The minimum Gasteiger partial charge on any atom is -0.496 e. The zero-order valence-corrected chi connectivity index (χ0v) is 12.1. The first-order valence-corrected chi connectivity index (χ1v) is 6.50. The summed E-state index contributed by atoms with van der Waals surface area (Å²) in [5.74, 6) is 0.840. The fraction of sp³-hybridized carbons (Fsp3) is 0.357. The number of aromatic nitrogens is 2. The molecule has 1 heterocycles. The molecule has 19 heavy (non-hydrogen) atoms. The van der Waals surface area contributed by atoms with Crippen molar-refractivity contribution in [3.63, 3.8) is 0 Å². The van der Waals surface area contributed by atoms with Gasteiger partial charge in [0.1, 0.15) is 5.75 Å². The number of likely N-dealkylation sites (N-methyl/N-ethyl adjacent to an activating group) is 1. The quantitative estimate of drug-likeness (QED) is 0.914. The molecule has 0 aliphatic heterocycles.